The number of hydrogen-bond acceptors (Lipinski definition) is 6. The van der Waals surface area contributed by atoms with Gasteiger partial charge in [-0.25, -0.2) is 8.42 Å². The Morgan fingerprint density at radius 2 is 1.84 bits per heavy atom. The molecule has 0 radical (unpaired) electrons. The van der Waals surface area contributed by atoms with Crippen LogP contribution in [0, 0.1) is 0 Å². The summed E-state index contributed by atoms with van der Waals surface area (Å²) in [5.74, 6) is -0.753. The van der Waals surface area contributed by atoms with Crippen LogP contribution in [0.5, 0.6) is 0 Å². The third-order valence-corrected chi connectivity index (χ3v) is 6.70. The number of benzene rings is 1. The maximum Gasteiger partial charge on any atom is 0.242 e. The number of morpholine rings is 1. The summed E-state index contributed by atoms with van der Waals surface area (Å²) >= 11 is 5.93. The monoisotopic (exact) mass is 474 g/mol. The van der Waals surface area contributed by atoms with Crippen molar-refractivity contribution < 1.29 is 22.7 Å². The SMILES string of the molecule is C[C@H](C(=O)NCCN1CCOCC1)N(Cc1ccc(Cl)cc1)C(=O)CN(C)S(C)(=O)=O. The molecule has 1 aliphatic rings. The van der Waals surface area contributed by atoms with Crippen molar-refractivity contribution in [2.24, 2.45) is 0 Å². The van der Waals surface area contributed by atoms with Crippen LogP contribution in [0.2, 0.25) is 5.02 Å². The van der Waals surface area contributed by atoms with E-state index in [9.17, 15) is 18.0 Å². The molecule has 1 aromatic carbocycles. The van der Waals surface area contributed by atoms with E-state index in [1.54, 1.807) is 31.2 Å². The van der Waals surface area contributed by atoms with Crippen LogP contribution in [0.25, 0.3) is 0 Å². The third kappa shape index (κ3) is 8.38. The minimum atomic E-state index is -3.53. The third-order valence-electron chi connectivity index (χ3n) is 5.19. The molecule has 1 aliphatic heterocycles. The van der Waals surface area contributed by atoms with Gasteiger partial charge < -0.3 is 15.0 Å². The zero-order chi connectivity index (χ0) is 23.0. The van der Waals surface area contributed by atoms with E-state index < -0.39 is 22.0 Å². The van der Waals surface area contributed by atoms with Gasteiger partial charge in [0.1, 0.15) is 6.04 Å². The molecule has 0 aromatic heterocycles. The molecular formula is C20H31ClN4O5S. The molecule has 31 heavy (non-hydrogen) atoms. The van der Waals surface area contributed by atoms with Crippen LogP contribution in [0.4, 0.5) is 0 Å². The number of carbonyl (C=O) groups excluding carboxylic acids is 2. The molecule has 1 fully saturated rings. The van der Waals surface area contributed by atoms with E-state index in [2.05, 4.69) is 10.2 Å². The van der Waals surface area contributed by atoms with E-state index in [-0.39, 0.29) is 19.0 Å². The summed E-state index contributed by atoms with van der Waals surface area (Å²) in [5, 5.41) is 3.44. The molecule has 0 bridgehead atoms. The molecule has 1 heterocycles. The second-order valence-corrected chi connectivity index (χ2v) is 10.1. The predicted molar refractivity (Wildman–Crippen MR) is 119 cm³/mol. The lowest BCUT2D eigenvalue weighted by Gasteiger charge is -2.31. The lowest BCUT2D eigenvalue weighted by atomic mass is 10.1. The van der Waals surface area contributed by atoms with E-state index in [0.29, 0.717) is 31.3 Å². The van der Waals surface area contributed by atoms with Crippen molar-refractivity contribution in [3.05, 3.63) is 34.9 Å². The second kappa shape index (κ2) is 11.8. The Labute approximate surface area is 189 Å². The highest BCUT2D eigenvalue weighted by molar-refractivity contribution is 7.88. The van der Waals surface area contributed by atoms with Crippen LogP contribution in [0.1, 0.15) is 12.5 Å². The molecule has 11 heteroatoms. The molecule has 2 rings (SSSR count). The zero-order valence-electron chi connectivity index (χ0n) is 18.2. The minimum Gasteiger partial charge on any atom is -0.379 e. The first-order chi connectivity index (χ1) is 14.6. The summed E-state index contributed by atoms with van der Waals surface area (Å²) in [5.41, 5.74) is 0.785. The lowest BCUT2D eigenvalue weighted by molar-refractivity contribution is -0.140. The van der Waals surface area contributed by atoms with Gasteiger partial charge in [-0.15, -0.1) is 0 Å². The van der Waals surface area contributed by atoms with Crippen molar-refractivity contribution in [2.75, 3.05) is 59.2 Å². The summed E-state index contributed by atoms with van der Waals surface area (Å²) in [6, 6.07) is 6.17. The van der Waals surface area contributed by atoms with Gasteiger partial charge in [0.2, 0.25) is 21.8 Å². The molecule has 1 N–H and O–H groups in total. The molecule has 1 atom stereocenters. The molecule has 9 nitrogen and oxygen atoms in total. The number of nitrogens with zero attached hydrogens (tertiary/aromatic N) is 3. The van der Waals surface area contributed by atoms with E-state index in [1.165, 1.54) is 11.9 Å². The van der Waals surface area contributed by atoms with Crippen molar-refractivity contribution in [1.29, 1.82) is 0 Å². The number of sulfonamides is 1. The van der Waals surface area contributed by atoms with Gasteiger partial charge >= 0.3 is 0 Å². The second-order valence-electron chi connectivity index (χ2n) is 7.59. The van der Waals surface area contributed by atoms with Gasteiger partial charge in [-0.3, -0.25) is 14.5 Å². The van der Waals surface area contributed by atoms with Crippen molar-refractivity contribution >= 4 is 33.4 Å². The fraction of sp³-hybridized carbons (Fsp3) is 0.600. The van der Waals surface area contributed by atoms with Crippen LogP contribution < -0.4 is 5.32 Å². The van der Waals surface area contributed by atoms with E-state index >= 15 is 0 Å². The van der Waals surface area contributed by atoms with E-state index in [0.717, 1.165) is 29.2 Å². The molecule has 0 spiro atoms. The first kappa shape index (κ1) is 25.5. The number of hydrogen-bond donors (Lipinski definition) is 1. The maximum absolute atomic E-state index is 12.9. The Bertz CT molecular complexity index is 844. The molecule has 2 amide bonds. The molecule has 1 aromatic rings. The fourth-order valence-corrected chi connectivity index (χ4v) is 3.55. The topological polar surface area (TPSA) is 99.3 Å². The average Bonchev–Trinajstić information content (AvgIpc) is 2.72. The van der Waals surface area contributed by atoms with Gasteiger partial charge in [0, 0.05) is 44.8 Å². The van der Waals surface area contributed by atoms with Gasteiger partial charge in [0.05, 0.1) is 26.0 Å². The van der Waals surface area contributed by atoms with Crippen LogP contribution in [0.15, 0.2) is 24.3 Å². The van der Waals surface area contributed by atoms with Gasteiger partial charge in [0.15, 0.2) is 0 Å². The summed E-state index contributed by atoms with van der Waals surface area (Å²) < 4.78 is 29.7. The minimum absolute atomic E-state index is 0.158. The summed E-state index contributed by atoms with van der Waals surface area (Å²) in [4.78, 5) is 29.3. The number of ether oxygens (including phenoxy) is 1. The van der Waals surface area contributed by atoms with Crippen LogP contribution in [-0.2, 0) is 30.9 Å². The Kier molecular flexibility index (Phi) is 9.70. The molecule has 0 aliphatic carbocycles. The highest BCUT2D eigenvalue weighted by Gasteiger charge is 2.28. The number of nitrogens with one attached hydrogen (secondary N) is 1. The largest absolute Gasteiger partial charge is 0.379 e. The summed E-state index contributed by atoms with van der Waals surface area (Å²) in [6.45, 7) is 5.61. The molecule has 0 unspecified atom stereocenters. The first-order valence-electron chi connectivity index (χ1n) is 10.1. The van der Waals surface area contributed by atoms with Crippen LogP contribution in [-0.4, -0.2) is 99.6 Å². The Hall–Kier alpha value is -1.72. The number of carbonyl (C=O) groups is 2. The molecular weight excluding hydrogens is 444 g/mol. The standard InChI is InChI=1S/C20H31ClN4O5S/c1-16(20(27)22-8-9-24-10-12-30-13-11-24)25(14-17-4-6-18(21)7-5-17)19(26)15-23(2)31(3,28)29/h4-7,16H,8-15H2,1-3H3,(H,22,27)/t16-/m1/s1. The van der Waals surface area contributed by atoms with Crippen molar-refractivity contribution in [1.82, 2.24) is 19.4 Å². The maximum atomic E-state index is 12.9. The highest BCUT2D eigenvalue weighted by Crippen LogP contribution is 2.14. The number of rotatable bonds is 10. The fourth-order valence-electron chi connectivity index (χ4n) is 3.08. The molecule has 174 valence electrons. The van der Waals surface area contributed by atoms with Gasteiger partial charge in [-0.05, 0) is 24.6 Å². The summed E-state index contributed by atoms with van der Waals surface area (Å²) in [7, 11) is -2.20. The Morgan fingerprint density at radius 3 is 2.42 bits per heavy atom. The first-order valence-corrected chi connectivity index (χ1v) is 12.3. The molecule has 0 saturated carbocycles. The van der Waals surface area contributed by atoms with Crippen LogP contribution in [0.3, 0.4) is 0 Å². The predicted octanol–water partition coefficient (Wildman–Crippen LogP) is 0.397. The van der Waals surface area contributed by atoms with Crippen molar-refractivity contribution in [3.63, 3.8) is 0 Å². The van der Waals surface area contributed by atoms with Crippen LogP contribution >= 0.6 is 11.6 Å². The number of amides is 2. The quantitative estimate of drug-likeness (QED) is 0.527. The van der Waals surface area contributed by atoms with Gasteiger partial charge in [-0.1, -0.05) is 23.7 Å². The van der Waals surface area contributed by atoms with Gasteiger partial charge in [-0.2, -0.15) is 4.31 Å². The van der Waals surface area contributed by atoms with E-state index in [4.69, 9.17) is 16.3 Å². The summed E-state index contributed by atoms with van der Waals surface area (Å²) in [6.07, 6.45) is 1.03. The molecule has 1 saturated heterocycles. The van der Waals surface area contributed by atoms with Crippen molar-refractivity contribution in [2.45, 2.75) is 19.5 Å². The normalized spacial score (nSPS) is 16.2. The Morgan fingerprint density at radius 1 is 1.23 bits per heavy atom. The van der Waals surface area contributed by atoms with E-state index in [1.807, 2.05) is 0 Å². The zero-order valence-corrected chi connectivity index (χ0v) is 19.8. The smallest absolute Gasteiger partial charge is 0.242 e. The van der Waals surface area contributed by atoms with Crippen molar-refractivity contribution in [3.8, 4) is 0 Å². The number of halogens is 1. The Balaban J connectivity index is 2.04. The highest BCUT2D eigenvalue weighted by atomic mass is 35.5. The number of likely N-dealkylation sites (N-methyl/N-ethyl adjacent to an activating group) is 1. The lowest BCUT2D eigenvalue weighted by Crippen LogP contribution is -2.51. The average molecular weight is 475 g/mol. The van der Waals surface area contributed by atoms with Gasteiger partial charge in [0.25, 0.3) is 0 Å².